The lowest BCUT2D eigenvalue weighted by Crippen LogP contribution is -2.44. The second-order valence-corrected chi connectivity index (χ2v) is 8.14. The fourth-order valence-electron chi connectivity index (χ4n) is 2.99. The first-order valence-corrected chi connectivity index (χ1v) is 10.3. The topological polar surface area (TPSA) is 117 Å². The number of benzene rings is 1. The zero-order chi connectivity index (χ0) is 20.1. The van der Waals surface area contributed by atoms with E-state index in [0.717, 1.165) is 5.69 Å². The molecule has 28 heavy (non-hydrogen) atoms. The zero-order valence-corrected chi connectivity index (χ0v) is 16.2. The normalized spacial score (nSPS) is 17.3. The van der Waals surface area contributed by atoms with Crippen LogP contribution in [0.25, 0.3) is 0 Å². The Bertz CT molecular complexity index is 1040. The third kappa shape index (κ3) is 4.56. The molecule has 9 nitrogen and oxygen atoms in total. The van der Waals surface area contributed by atoms with E-state index in [2.05, 4.69) is 9.82 Å². The number of morpholine rings is 1. The molecule has 10 heteroatoms. The molecule has 0 aliphatic carbocycles. The van der Waals surface area contributed by atoms with Crippen LogP contribution in [-0.2, 0) is 21.8 Å². The number of aromatic nitrogens is 2. The minimum atomic E-state index is -3.78. The molecule has 0 bridgehead atoms. The summed E-state index contributed by atoms with van der Waals surface area (Å²) >= 11 is 0. The quantitative estimate of drug-likeness (QED) is 0.733. The summed E-state index contributed by atoms with van der Waals surface area (Å²) in [6.07, 6.45) is 1.90. The van der Waals surface area contributed by atoms with E-state index < -0.39 is 10.0 Å². The molecule has 1 aromatic heterocycles. The lowest BCUT2D eigenvalue weighted by Gasteiger charge is -2.34. The second-order valence-electron chi connectivity index (χ2n) is 6.41. The van der Waals surface area contributed by atoms with Crippen molar-refractivity contribution >= 4 is 15.7 Å². The van der Waals surface area contributed by atoms with Crippen molar-refractivity contribution < 1.29 is 13.2 Å². The van der Waals surface area contributed by atoms with Gasteiger partial charge in [-0.05, 0) is 18.6 Å². The van der Waals surface area contributed by atoms with Crippen LogP contribution in [0.15, 0.2) is 46.2 Å². The largest absolute Gasteiger partial charge is 0.374 e. The van der Waals surface area contributed by atoms with Crippen LogP contribution in [0.1, 0.15) is 12.0 Å². The third-order valence-electron chi connectivity index (χ3n) is 4.51. The highest BCUT2D eigenvalue weighted by Crippen LogP contribution is 2.17. The van der Waals surface area contributed by atoms with Crippen molar-refractivity contribution in [2.75, 3.05) is 31.1 Å². The van der Waals surface area contributed by atoms with E-state index in [-0.39, 0.29) is 28.7 Å². The van der Waals surface area contributed by atoms with Gasteiger partial charge in [-0.1, -0.05) is 12.1 Å². The van der Waals surface area contributed by atoms with Gasteiger partial charge in [0.15, 0.2) is 0 Å². The van der Waals surface area contributed by atoms with Crippen LogP contribution < -0.4 is 15.2 Å². The second kappa shape index (κ2) is 8.52. The van der Waals surface area contributed by atoms with Gasteiger partial charge in [0.1, 0.15) is 6.07 Å². The summed E-state index contributed by atoms with van der Waals surface area (Å²) in [6, 6.07) is 9.49. The molecule has 0 saturated carbocycles. The Labute approximate surface area is 163 Å². The van der Waals surface area contributed by atoms with Crippen LogP contribution in [0.5, 0.6) is 0 Å². The molecule has 0 spiro atoms. The fraction of sp³-hybridized carbons (Fsp3) is 0.389. The van der Waals surface area contributed by atoms with Gasteiger partial charge in [-0.15, -0.1) is 0 Å². The van der Waals surface area contributed by atoms with Crippen molar-refractivity contribution in [2.24, 2.45) is 7.05 Å². The van der Waals surface area contributed by atoms with E-state index >= 15 is 0 Å². The Kier molecular flexibility index (Phi) is 6.08. The van der Waals surface area contributed by atoms with Gasteiger partial charge in [0, 0.05) is 32.7 Å². The Balaban J connectivity index is 1.59. The smallest absolute Gasteiger partial charge is 0.268 e. The van der Waals surface area contributed by atoms with Crippen molar-refractivity contribution in [1.82, 2.24) is 14.5 Å². The van der Waals surface area contributed by atoms with Gasteiger partial charge in [-0.2, -0.15) is 10.4 Å². The third-order valence-corrected chi connectivity index (χ3v) is 6.03. The number of nitrogens with one attached hydrogen (secondary N) is 1. The van der Waals surface area contributed by atoms with Crippen LogP contribution >= 0.6 is 0 Å². The van der Waals surface area contributed by atoms with Gasteiger partial charge in [0.2, 0.25) is 10.0 Å². The van der Waals surface area contributed by atoms with Gasteiger partial charge in [0.05, 0.1) is 35.1 Å². The van der Waals surface area contributed by atoms with E-state index in [1.54, 1.807) is 25.4 Å². The molecule has 148 valence electrons. The lowest BCUT2D eigenvalue weighted by molar-refractivity contribution is 0.0363. The maximum absolute atomic E-state index is 12.5. The van der Waals surface area contributed by atoms with Crippen molar-refractivity contribution in [3.05, 3.63) is 52.4 Å². The maximum atomic E-state index is 12.5. The standard InChI is InChI=1S/C18H21N5O4S/c1-22-18(24)10-15(12-20-22)23-8-9-27-16(13-23)6-7-21-28(25,26)17-5-3-2-4-14(17)11-19/h2-5,10,12,16,21H,6-9,13H2,1H3/t16-/m0/s1. The molecule has 2 aromatic rings. The molecule has 2 heterocycles. The number of nitrogens with zero attached hydrogens (tertiary/aromatic N) is 4. The molecule has 1 aliphatic heterocycles. The van der Waals surface area contributed by atoms with Gasteiger partial charge in [-0.3, -0.25) is 4.79 Å². The summed E-state index contributed by atoms with van der Waals surface area (Å²) in [5, 5.41) is 13.1. The minimum Gasteiger partial charge on any atom is -0.374 e. The minimum absolute atomic E-state index is 0.0325. The van der Waals surface area contributed by atoms with Crippen LogP contribution in [-0.4, -0.2) is 50.5 Å². The van der Waals surface area contributed by atoms with Gasteiger partial charge < -0.3 is 9.64 Å². The van der Waals surface area contributed by atoms with Crippen LogP contribution in [0.4, 0.5) is 5.69 Å². The number of ether oxygens (including phenoxy) is 1. The van der Waals surface area contributed by atoms with Crippen molar-refractivity contribution in [1.29, 1.82) is 5.26 Å². The van der Waals surface area contributed by atoms with E-state index in [4.69, 9.17) is 10.00 Å². The highest BCUT2D eigenvalue weighted by Gasteiger charge is 2.23. The summed E-state index contributed by atoms with van der Waals surface area (Å²) in [5.74, 6) is 0. The first kappa shape index (κ1) is 20.0. The molecule has 1 fully saturated rings. The predicted octanol–water partition coefficient (Wildman–Crippen LogP) is 0.226. The van der Waals surface area contributed by atoms with Gasteiger partial charge >= 0.3 is 0 Å². The summed E-state index contributed by atoms with van der Waals surface area (Å²) < 4.78 is 34.4. The average Bonchev–Trinajstić information content (AvgIpc) is 2.70. The van der Waals surface area contributed by atoms with Crippen LogP contribution in [0, 0.1) is 11.3 Å². The van der Waals surface area contributed by atoms with E-state index in [1.165, 1.54) is 22.9 Å². The number of hydrogen-bond acceptors (Lipinski definition) is 7. The van der Waals surface area contributed by atoms with E-state index in [1.807, 2.05) is 11.0 Å². The fourth-order valence-corrected chi connectivity index (χ4v) is 4.19. The molecule has 1 atom stereocenters. The Morgan fingerprint density at radius 3 is 2.93 bits per heavy atom. The molecule has 3 rings (SSSR count). The summed E-state index contributed by atoms with van der Waals surface area (Å²) in [7, 11) is -2.19. The predicted molar refractivity (Wildman–Crippen MR) is 102 cm³/mol. The Hall–Kier alpha value is -2.74. The highest BCUT2D eigenvalue weighted by atomic mass is 32.2. The summed E-state index contributed by atoms with van der Waals surface area (Å²) in [6.45, 7) is 1.82. The first-order chi connectivity index (χ1) is 13.4. The number of anilines is 1. The highest BCUT2D eigenvalue weighted by molar-refractivity contribution is 7.89. The Morgan fingerprint density at radius 2 is 2.18 bits per heavy atom. The summed E-state index contributed by atoms with van der Waals surface area (Å²) in [4.78, 5) is 13.7. The summed E-state index contributed by atoms with van der Waals surface area (Å²) in [5.41, 5.74) is 0.637. The van der Waals surface area contributed by atoms with Crippen LogP contribution in [0.2, 0.25) is 0 Å². The number of aryl methyl sites for hydroxylation is 1. The van der Waals surface area contributed by atoms with Crippen molar-refractivity contribution in [3.8, 4) is 6.07 Å². The van der Waals surface area contributed by atoms with Crippen LogP contribution in [0.3, 0.4) is 0 Å². The molecule has 1 aliphatic rings. The first-order valence-electron chi connectivity index (χ1n) is 8.79. The Morgan fingerprint density at radius 1 is 1.39 bits per heavy atom. The molecule has 0 radical (unpaired) electrons. The number of rotatable bonds is 6. The molecule has 0 unspecified atom stereocenters. The molecular formula is C18H21N5O4S. The average molecular weight is 403 g/mol. The number of sulfonamides is 1. The van der Waals surface area contributed by atoms with Crippen molar-refractivity contribution in [3.63, 3.8) is 0 Å². The SMILES string of the molecule is Cn1ncc(N2CCO[C@@H](CCNS(=O)(=O)c3ccccc3C#N)C2)cc1=O. The van der Waals surface area contributed by atoms with Crippen molar-refractivity contribution in [2.45, 2.75) is 17.4 Å². The van der Waals surface area contributed by atoms with Gasteiger partial charge in [-0.25, -0.2) is 17.8 Å². The maximum Gasteiger partial charge on any atom is 0.268 e. The zero-order valence-electron chi connectivity index (χ0n) is 15.4. The van der Waals surface area contributed by atoms with E-state index in [0.29, 0.717) is 26.1 Å². The lowest BCUT2D eigenvalue weighted by atomic mass is 10.2. The molecule has 1 aromatic carbocycles. The molecule has 1 saturated heterocycles. The van der Waals surface area contributed by atoms with Gasteiger partial charge in [0.25, 0.3) is 5.56 Å². The van der Waals surface area contributed by atoms with E-state index in [9.17, 15) is 13.2 Å². The molecular weight excluding hydrogens is 382 g/mol. The monoisotopic (exact) mass is 403 g/mol. The number of hydrogen-bond donors (Lipinski definition) is 1. The molecule has 0 amide bonds. The number of nitriles is 1. The molecule has 1 N–H and O–H groups in total.